The summed E-state index contributed by atoms with van der Waals surface area (Å²) in [6.45, 7) is 5.81. The molecular weight excluding hydrogens is 304 g/mol. The molecule has 2 saturated heterocycles. The Balaban J connectivity index is 1.63. The molecule has 2 heterocycles. The van der Waals surface area contributed by atoms with E-state index in [4.69, 9.17) is 4.74 Å². The molecule has 2 amide bonds. The van der Waals surface area contributed by atoms with Gasteiger partial charge in [0.1, 0.15) is 0 Å². The Labute approximate surface area is 143 Å². The van der Waals surface area contributed by atoms with E-state index in [0.29, 0.717) is 17.9 Å². The van der Waals surface area contributed by atoms with Crippen molar-refractivity contribution in [1.29, 1.82) is 0 Å². The minimum absolute atomic E-state index is 0.0792. The number of carbonyl (C=O) groups is 2. The minimum atomic E-state index is 0.0792. The van der Waals surface area contributed by atoms with Crippen LogP contribution < -0.4 is 4.90 Å². The summed E-state index contributed by atoms with van der Waals surface area (Å²) in [5.41, 5.74) is 1.59. The monoisotopic (exact) mass is 330 g/mol. The van der Waals surface area contributed by atoms with Gasteiger partial charge in [-0.15, -0.1) is 0 Å². The predicted molar refractivity (Wildman–Crippen MR) is 93.1 cm³/mol. The van der Waals surface area contributed by atoms with Crippen molar-refractivity contribution >= 4 is 17.5 Å². The smallest absolute Gasteiger partial charge is 0.253 e. The standard InChI is InChI=1S/C19H26N2O3/c1-2-24-14-15-5-3-11-20(13-15)19(23)16-7-9-17(10-8-16)21-12-4-6-18(21)22/h7-10,15H,2-6,11-14H2,1H3. The third kappa shape index (κ3) is 3.78. The van der Waals surface area contributed by atoms with Crippen LogP contribution in [0.15, 0.2) is 24.3 Å². The molecule has 2 fully saturated rings. The number of amides is 2. The van der Waals surface area contributed by atoms with E-state index in [1.807, 2.05) is 36.1 Å². The molecule has 0 aromatic heterocycles. The third-order valence-corrected chi connectivity index (χ3v) is 4.86. The first-order valence-electron chi connectivity index (χ1n) is 8.96. The van der Waals surface area contributed by atoms with Crippen molar-refractivity contribution in [1.82, 2.24) is 4.90 Å². The molecule has 1 atom stereocenters. The van der Waals surface area contributed by atoms with E-state index < -0.39 is 0 Å². The van der Waals surface area contributed by atoms with Crippen molar-refractivity contribution in [2.75, 3.05) is 37.7 Å². The van der Waals surface area contributed by atoms with Gasteiger partial charge in [-0.1, -0.05) is 0 Å². The predicted octanol–water partition coefficient (Wildman–Crippen LogP) is 2.70. The number of likely N-dealkylation sites (tertiary alicyclic amines) is 1. The second kappa shape index (κ2) is 7.79. The van der Waals surface area contributed by atoms with Gasteiger partial charge in [-0.25, -0.2) is 0 Å². The Kier molecular flexibility index (Phi) is 5.51. The molecule has 5 nitrogen and oxygen atoms in total. The van der Waals surface area contributed by atoms with Crippen molar-refractivity contribution in [2.45, 2.75) is 32.6 Å². The number of anilines is 1. The SMILES string of the molecule is CCOCC1CCCN(C(=O)c2ccc(N3CCCC3=O)cc2)C1. The van der Waals surface area contributed by atoms with E-state index in [-0.39, 0.29) is 11.8 Å². The van der Waals surface area contributed by atoms with Crippen LogP contribution >= 0.6 is 0 Å². The molecule has 0 aliphatic carbocycles. The zero-order valence-electron chi connectivity index (χ0n) is 14.4. The number of rotatable bonds is 5. The van der Waals surface area contributed by atoms with Crippen LogP contribution in [0.25, 0.3) is 0 Å². The van der Waals surface area contributed by atoms with E-state index in [0.717, 1.165) is 57.8 Å². The summed E-state index contributed by atoms with van der Waals surface area (Å²) in [6, 6.07) is 7.46. The first-order chi connectivity index (χ1) is 11.7. The van der Waals surface area contributed by atoms with Crippen LogP contribution in [0.2, 0.25) is 0 Å². The van der Waals surface area contributed by atoms with Crippen LogP contribution in [0.4, 0.5) is 5.69 Å². The molecule has 1 aromatic rings. The average Bonchev–Trinajstić information content (AvgIpc) is 3.06. The minimum Gasteiger partial charge on any atom is -0.381 e. The van der Waals surface area contributed by atoms with E-state index in [9.17, 15) is 9.59 Å². The topological polar surface area (TPSA) is 49.9 Å². The van der Waals surface area contributed by atoms with Gasteiger partial charge in [0.15, 0.2) is 0 Å². The van der Waals surface area contributed by atoms with Crippen molar-refractivity contribution in [3.05, 3.63) is 29.8 Å². The Hall–Kier alpha value is -1.88. The molecule has 5 heteroatoms. The fourth-order valence-electron chi connectivity index (χ4n) is 3.56. The summed E-state index contributed by atoms with van der Waals surface area (Å²) in [5.74, 6) is 0.684. The molecule has 0 bridgehead atoms. The van der Waals surface area contributed by atoms with E-state index in [1.54, 1.807) is 4.90 Å². The fraction of sp³-hybridized carbons (Fsp3) is 0.579. The van der Waals surface area contributed by atoms with Gasteiger partial charge in [0.25, 0.3) is 5.91 Å². The summed E-state index contributed by atoms with van der Waals surface area (Å²) in [6.07, 6.45) is 3.69. The lowest BCUT2D eigenvalue weighted by atomic mass is 9.98. The van der Waals surface area contributed by atoms with Crippen LogP contribution in [0.5, 0.6) is 0 Å². The first kappa shape index (κ1) is 17.0. The van der Waals surface area contributed by atoms with Gasteiger partial charge in [0, 0.05) is 43.9 Å². The summed E-state index contributed by atoms with van der Waals surface area (Å²) in [7, 11) is 0. The molecule has 3 rings (SSSR count). The molecule has 1 aromatic carbocycles. The molecule has 0 N–H and O–H groups in total. The maximum atomic E-state index is 12.7. The number of carbonyl (C=O) groups excluding carboxylic acids is 2. The van der Waals surface area contributed by atoms with Crippen molar-refractivity contribution in [3.8, 4) is 0 Å². The summed E-state index contributed by atoms with van der Waals surface area (Å²) < 4.78 is 5.51. The first-order valence-corrected chi connectivity index (χ1v) is 8.96. The number of hydrogen-bond acceptors (Lipinski definition) is 3. The molecule has 2 aliphatic heterocycles. The van der Waals surface area contributed by atoms with Gasteiger partial charge < -0.3 is 14.5 Å². The number of nitrogens with zero attached hydrogens (tertiary/aromatic N) is 2. The van der Waals surface area contributed by atoms with Crippen molar-refractivity contribution < 1.29 is 14.3 Å². The largest absolute Gasteiger partial charge is 0.381 e. The molecule has 0 spiro atoms. The highest BCUT2D eigenvalue weighted by molar-refractivity contribution is 5.97. The highest BCUT2D eigenvalue weighted by Gasteiger charge is 2.25. The van der Waals surface area contributed by atoms with Crippen LogP contribution in [0, 0.1) is 5.92 Å². The second-order valence-corrected chi connectivity index (χ2v) is 6.61. The highest BCUT2D eigenvalue weighted by atomic mass is 16.5. The molecule has 0 saturated carbocycles. The zero-order chi connectivity index (χ0) is 16.9. The maximum absolute atomic E-state index is 12.7. The third-order valence-electron chi connectivity index (χ3n) is 4.86. The number of benzene rings is 1. The molecular formula is C19H26N2O3. The van der Waals surface area contributed by atoms with Crippen molar-refractivity contribution in [2.24, 2.45) is 5.92 Å². The zero-order valence-corrected chi connectivity index (χ0v) is 14.4. The van der Waals surface area contributed by atoms with Crippen LogP contribution in [-0.2, 0) is 9.53 Å². The summed E-state index contributed by atoms with van der Waals surface area (Å²) >= 11 is 0. The Morgan fingerprint density at radius 3 is 2.67 bits per heavy atom. The van der Waals surface area contributed by atoms with Gasteiger partial charge in [0.05, 0.1) is 6.61 Å². The number of hydrogen-bond donors (Lipinski definition) is 0. The van der Waals surface area contributed by atoms with Gasteiger partial charge >= 0.3 is 0 Å². The normalized spacial score (nSPS) is 21.4. The average molecular weight is 330 g/mol. The Bertz CT molecular complexity index is 585. The molecule has 0 radical (unpaired) electrons. The van der Waals surface area contributed by atoms with Crippen LogP contribution in [0.3, 0.4) is 0 Å². The summed E-state index contributed by atoms with van der Waals surface area (Å²) in [5, 5.41) is 0. The molecule has 24 heavy (non-hydrogen) atoms. The van der Waals surface area contributed by atoms with Gasteiger partial charge in [-0.3, -0.25) is 9.59 Å². The van der Waals surface area contributed by atoms with Crippen LogP contribution in [-0.4, -0.2) is 49.6 Å². The second-order valence-electron chi connectivity index (χ2n) is 6.61. The van der Waals surface area contributed by atoms with Gasteiger partial charge in [-0.05, 0) is 56.4 Å². The number of ether oxygens (including phenoxy) is 1. The van der Waals surface area contributed by atoms with Gasteiger partial charge in [-0.2, -0.15) is 0 Å². The lowest BCUT2D eigenvalue weighted by Crippen LogP contribution is -2.41. The quantitative estimate of drug-likeness (QED) is 0.834. The molecule has 1 unspecified atom stereocenters. The molecule has 2 aliphatic rings. The van der Waals surface area contributed by atoms with E-state index in [2.05, 4.69) is 0 Å². The summed E-state index contributed by atoms with van der Waals surface area (Å²) in [4.78, 5) is 28.3. The lowest BCUT2D eigenvalue weighted by Gasteiger charge is -2.32. The maximum Gasteiger partial charge on any atom is 0.253 e. The van der Waals surface area contributed by atoms with E-state index in [1.165, 1.54) is 0 Å². The fourth-order valence-corrected chi connectivity index (χ4v) is 3.56. The Morgan fingerprint density at radius 2 is 2.00 bits per heavy atom. The molecule has 130 valence electrons. The van der Waals surface area contributed by atoms with Crippen molar-refractivity contribution in [3.63, 3.8) is 0 Å². The van der Waals surface area contributed by atoms with Gasteiger partial charge in [0.2, 0.25) is 5.91 Å². The lowest BCUT2D eigenvalue weighted by molar-refractivity contribution is -0.117. The highest BCUT2D eigenvalue weighted by Crippen LogP contribution is 2.23. The Morgan fingerprint density at radius 1 is 1.21 bits per heavy atom. The van der Waals surface area contributed by atoms with Crippen LogP contribution in [0.1, 0.15) is 43.0 Å². The van der Waals surface area contributed by atoms with E-state index >= 15 is 0 Å². The number of piperidine rings is 1.